The number of ether oxygens (including phenoxy) is 1. The molecule has 80 valence electrons. The van der Waals surface area contributed by atoms with Crippen molar-refractivity contribution in [1.82, 2.24) is 0 Å². The minimum absolute atomic E-state index is 0.330. The van der Waals surface area contributed by atoms with Crippen LogP contribution in [0.5, 0.6) is 0 Å². The highest BCUT2D eigenvalue weighted by atomic mass is 32.1. The van der Waals surface area contributed by atoms with E-state index in [-0.39, 0.29) is 0 Å². The summed E-state index contributed by atoms with van der Waals surface area (Å²) in [5.74, 6) is 1.20. The van der Waals surface area contributed by atoms with Crippen LogP contribution in [-0.2, 0) is 4.74 Å². The lowest BCUT2D eigenvalue weighted by molar-refractivity contribution is 0.0597. The maximum Gasteiger partial charge on any atom is 0.0548 e. The van der Waals surface area contributed by atoms with Crippen molar-refractivity contribution in [3.05, 3.63) is 22.4 Å². The summed E-state index contributed by atoms with van der Waals surface area (Å²) in [5, 5.41) is 2.14. The van der Waals surface area contributed by atoms with Crippen LogP contribution in [0, 0.1) is 5.92 Å². The Kier molecular flexibility index (Phi) is 4.63. The molecule has 1 aromatic rings. The SMILES string of the molecule is CC(C)OCC(c1cccs1)C(C)C. The second-order valence-electron chi connectivity index (χ2n) is 4.25. The average Bonchev–Trinajstić information content (AvgIpc) is 2.56. The van der Waals surface area contributed by atoms with Crippen LogP contribution in [0.2, 0.25) is 0 Å². The van der Waals surface area contributed by atoms with Gasteiger partial charge in [-0.3, -0.25) is 0 Å². The van der Waals surface area contributed by atoms with E-state index in [4.69, 9.17) is 4.74 Å². The van der Waals surface area contributed by atoms with Gasteiger partial charge in [0.05, 0.1) is 12.7 Å². The zero-order valence-electron chi connectivity index (χ0n) is 9.49. The fourth-order valence-corrected chi connectivity index (χ4v) is 2.39. The van der Waals surface area contributed by atoms with Crippen molar-refractivity contribution in [2.24, 2.45) is 5.92 Å². The fraction of sp³-hybridized carbons (Fsp3) is 0.667. The summed E-state index contributed by atoms with van der Waals surface area (Å²) in [6, 6.07) is 4.32. The summed E-state index contributed by atoms with van der Waals surface area (Å²) in [6.07, 6.45) is 0.330. The Morgan fingerprint density at radius 2 is 2.00 bits per heavy atom. The number of thiophene rings is 1. The molecule has 0 amide bonds. The standard InChI is InChI=1S/C12H20OS/c1-9(2)11(8-13-10(3)4)12-6-5-7-14-12/h5-7,9-11H,8H2,1-4H3. The van der Waals surface area contributed by atoms with Gasteiger partial charge < -0.3 is 4.74 Å². The molecule has 0 saturated heterocycles. The molecule has 0 saturated carbocycles. The minimum Gasteiger partial charge on any atom is -0.378 e. The Morgan fingerprint density at radius 1 is 1.29 bits per heavy atom. The van der Waals surface area contributed by atoms with Crippen molar-refractivity contribution < 1.29 is 4.74 Å². The lowest BCUT2D eigenvalue weighted by Gasteiger charge is -2.20. The summed E-state index contributed by atoms with van der Waals surface area (Å²) in [5.41, 5.74) is 0. The largest absolute Gasteiger partial charge is 0.378 e. The van der Waals surface area contributed by atoms with Crippen molar-refractivity contribution >= 4 is 11.3 Å². The smallest absolute Gasteiger partial charge is 0.0548 e. The van der Waals surface area contributed by atoms with Gasteiger partial charge in [0.15, 0.2) is 0 Å². The maximum atomic E-state index is 5.70. The average molecular weight is 212 g/mol. The van der Waals surface area contributed by atoms with Crippen LogP contribution < -0.4 is 0 Å². The summed E-state index contributed by atoms with van der Waals surface area (Å²) in [7, 11) is 0. The third kappa shape index (κ3) is 3.43. The van der Waals surface area contributed by atoms with Crippen molar-refractivity contribution in [3.63, 3.8) is 0 Å². The molecule has 1 atom stereocenters. The van der Waals surface area contributed by atoms with Crippen LogP contribution in [0.1, 0.15) is 38.5 Å². The van der Waals surface area contributed by atoms with Gasteiger partial charge in [-0.05, 0) is 31.2 Å². The van der Waals surface area contributed by atoms with Gasteiger partial charge in [0.25, 0.3) is 0 Å². The molecule has 0 aliphatic rings. The van der Waals surface area contributed by atoms with Crippen LogP contribution >= 0.6 is 11.3 Å². The van der Waals surface area contributed by atoms with E-state index in [1.807, 2.05) is 11.3 Å². The van der Waals surface area contributed by atoms with E-state index in [0.29, 0.717) is 17.9 Å². The first-order valence-corrected chi connectivity index (χ1v) is 6.14. The van der Waals surface area contributed by atoms with E-state index >= 15 is 0 Å². The lowest BCUT2D eigenvalue weighted by atomic mass is 9.95. The van der Waals surface area contributed by atoms with Gasteiger partial charge in [0.2, 0.25) is 0 Å². The molecule has 0 aromatic carbocycles. The number of hydrogen-bond donors (Lipinski definition) is 0. The second kappa shape index (κ2) is 5.52. The molecule has 0 N–H and O–H groups in total. The monoisotopic (exact) mass is 212 g/mol. The molecule has 1 unspecified atom stereocenters. The fourth-order valence-electron chi connectivity index (χ4n) is 1.40. The Balaban J connectivity index is 2.57. The molecule has 1 aromatic heterocycles. The van der Waals surface area contributed by atoms with E-state index in [9.17, 15) is 0 Å². The highest BCUT2D eigenvalue weighted by molar-refractivity contribution is 7.10. The van der Waals surface area contributed by atoms with Crippen molar-refractivity contribution in [3.8, 4) is 0 Å². The molecule has 0 fully saturated rings. The third-order valence-electron chi connectivity index (χ3n) is 2.32. The van der Waals surface area contributed by atoms with Crippen LogP contribution in [0.25, 0.3) is 0 Å². The van der Waals surface area contributed by atoms with Gasteiger partial charge in [0, 0.05) is 10.8 Å². The summed E-state index contributed by atoms with van der Waals surface area (Å²) < 4.78 is 5.70. The highest BCUT2D eigenvalue weighted by Crippen LogP contribution is 2.28. The van der Waals surface area contributed by atoms with Crippen LogP contribution in [0.4, 0.5) is 0 Å². The Hall–Kier alpha value is -0.340. The third-order valence-corrected chi connectivity index (χ3v) is 3.33. The molecular weight excluding hydrogens is 192 g/mol. The minimum atomic E-state index is 0.330. The van der Waals surface area contributed by atoms with E-state index in [1.54, 1.807) is 0 Å². The van der Waals surface area contributed by atoms with Gasteiger partial charge in [-0.15, -0.1) is 11.3 Å². The molecule has 14 heavy (non-hydrogen) atoms. The van der Waals surface area contributed by atoms with Crippen molar-refractivity contribution in [2.45, 2.75) is 39.7 Å². The highest BCUT2D eigenvalue weighted by Gasteiger charge is 2.17. The second-order valence-corrected chi connectivity index (χ2v) is 5.23. The zero-order chi connectivity index (χ0) is 10.6. The maximum absolute atomic E-state index is 5.70. The summed E-state index contributed by atoms with van der Waals surface area (Å²) >= 11 is 1.83. The van der Waals surface area contributed by atoms with Crippen LogP contribution in [-0.4, -0.2) is 12.7 Å². The van der Waals surface area contributed by atoms with Gasteiger partial charge >= 0.3 is 0 Å². The number of hydrogen-bond acceptors (Lipinski definition) is 2. The van der Waals surface area contributed by atoms with Gasteiger partial charge in [-0.1, -0.05) is 19.9 Å². The molecule has 0 aliphatic carbocycles. The summed E-state index contributed by atoms with van der Waals surface area (Å²) in [4.78, 5) is 1.45. The molecule has 0 radical (unpaired) electrons. The van der Waals surface area contributed by atoms with E-state index < -0.39 is 0 Å². The first-order chi connectivity index (χ1) is 6.61. The number of rotatable bonds is 5. The van der Waals surface area contributed by atoms with Crippen LogP contribution in [0.15, 0.2) is 17.5 Å². The predicted molar refractivity (Wildman–Crippen MR) is 63.0 cm³/mol. The van der Waals surface area contributed by atoms with E-state index in [1.165, 1.54) is 4.88 Å². The first-order valence-electron chi connectivity index (χ1n) is 5.26. The Labute approximate surface area is 91.1 Å². The lowest BCUT2D eigenvalue weighted by Crippen LogP contribution is -2.15. The van der Waals surface area contributed by atoms with Gasteiger partial charge in [-0.25, -0.2) is 0 Å². The quantitative estimate of drug-likeness (QED) is 0.719. The summed E-state index contributed by atoms with van der Waals surface area (Å²) in [6.45, 7) is 9.54. The van der Waals surface area contributed by atoms with E-state index in [0.717, 1.165) is 6.61 Å². The van der Waals surface area contributed by atoms with E-state index in [2.05, 4.69) is 45.2 Å². The Morgan fingerprint density at radius 3 is 2.43 bits per heavy atom. The van der Waals surface area contributed by atoms with Gasteiger partial charge in [-0.2, -0.15) is 0 Å². The van der Waals surface area contributed by atoms with Gasteiger partial charge in [0.1, 0.15) is 0 Å². The molecule has 1 heterocycles. The first kappa shape index (κ1) is 11.7. The molecule has 2 heteroatoms. The van der Waals surface area contributed by atoms with Crippen molar-refractivity contribution in [2.75, 3.05) is 6.61 Å². The molecule has 0 aliphatic heterocycles. The van der Waals surface area contributed by atoms with Crippen molar-refractivity contribution in [1.29, 1.82) is 0 Å². The normalized spacial score (nSPS) is 13.9. The topological polar surface area (TPSA) is 9.23 Å². The molecular formula is C12H20OS. The predicted octanol–water partition coefficient (Wildman–Crippen LogP) is 3.91. The van der Waals surface area contributed by atoms with Crippen LogP contribution in [0.3, 0.4) is 0 Å². The zero-order valence-corrected chi connectivity index (χ0v) is 10.3. The molecule has 1 nitrogen and oxygen atoms in total. The molecule has 0 bridgehead atoms. The molecule has 0 spiro atoms. The Bertz CT molecular complexity index is 239. The molecule has 1 rings (SSSR count).